The number of rotatable bonds is 1. The third-order valence-electron chi connectivity index (χ3n) is 2.77. The van der Waals surface area contributed by atoms with Crippen LogP contribution in [-0.2, 0) is 9.59 Å². The van der Waals surface area contributed by atoms with Crippen molar-refractivity contribution in [2.24, 2.45) is 15.8 Å². The predicted octanol–water partition coefficient (Wildman–Crippen LogP) is 2.83. The monoisotopic (exact) mass is 224 g/mol. The van der Waals surface area contributed by atoms with Gasteiger partial charge in [-0.15, -0.1) is 0 Å². The van der Waals surface area contributed by atoms with E-state index in [-0.39, 0.29) is 6.04 Å². The Hall–Kier alpha value is -1.24. The lowest BCUT2D eigenvalue weighted by Gasteiger charge is -2.43. The molecule has 1 saturated carbocycles. The molecule has 1 aliphatic carbocycles. The van der Waals surface area contributed by atoms with Crippen molar-refractivity contribution in [2.75, 3.05) is 0 Å². The maximum atomic E-state index is 10.2. The van der Waals surface area contributed by atoms with E-state index in [0.717, 1.165) is 18.9 Å². The molecule has 0 bridgehead atoms. The molecule has 0 amide bonds. The third kappa shape index (κ3) is 5.59. The number of isocyanates is 2. The fourth-order valence-electron chi connectivity index (χ4n) is 2.95. The van der Waals surface area contributed by atoms with Gasteiger partial charge in [0.15, 0.2) is 0 Å². The van der Waals surface area contributed by atoms with Gasteiger partial charge in [0.25, 0.3) is 0 Å². The largest absolute Gasteiger partial charge is 0.235 e. The standard InChI is InChI=1S/C11H19NO.CHNO/c1-10(2)5-9(12-8-13)6-11(3,4)7-10;2-1-3/h9H,5-7H2,1-4H3;2H. The lowest BCUT2D eigenvalue weighted by atomic mass is 9.64. The van der Waals surface area contributed by atoms with Gasteiger partial charge in [-0.2, -0.15) is 0 Å². The highest BCUT2D eigenvalue weighted by Gasteiger charge is 2.38. The van der Waals surface area contributed by atoms with Crippen LogP contribution in [0.15, 0.2) is 4.99 Å². The van der Waals surface area contributed by atoms with E-state index in [9.17, 15) is 4.79 Å². The van der Waals surface area contributed by atoms with Crippen LogP contribution in [0.2, 0.25) is 0 Å². The summed E-state index contributed by atoms with van der Waals surface area (Å²) in [6.45, 7) is 9.00. The Morgan fingerprint density at radius 2 is 1.50 bits per heavy atom. The summed E-state index contributed by atoms with van der Waals surface area (Å²) in [4.78, 5) is 22.4. The van der Waals surface area contributed by atoms with Crippen molar-refractivity contribution < 1.29 is 9.59 Å². The molecule has 1 fully saturated rings. The van der Waals surface area contributed by atoms with Crippen molar-refractivity contribution in [1.29, 1.82) is 5.41 Å². The van der Waals surface area contributed by atoms with Gasteiger partial charge in [0, 0.05) is 0 Å². The minimum Gasteiger partial charge on any atom is -0.222 e. The molecule has 1 rings (SSSR count). The summed E-state index contributed by atoms with van der Waals surface area (Å²) in [5.41, 5.74) is 0.625. The van der Waals surface area contributed by atoms with Gasteiger partial charge in [0.1, 0.15) is 0 Å². The first-order valence-corrected chi connectivity index (χ1v) is 5.37. The average Bonchev–Trinajstić information content (AvgIpc) is 1.98. The molecule has 0 aromatic rings. The van der Waals surface area contributed by atoms with Gasteiger partial charge in [-0.1, -0.05) is 27.7 Å². The van der Waals surface area contributed by atoms with Gasteiger partial charge in [0.2, 0.25) is 12.2 Å². The van der Waals surface area contributed by atoms with Crippen LogP contribution in [0.4, 0.5) is 0 Å². The Labute approximate surface area is 96.7 Å². The molecule has 0 aromatic heterocycles. The van der Waals surface area contributed by atoms with Crippen LogP contribution in [-0.4, -0.2) is 18.2 Å². The molecule has 0 unspecified atom stereocenters. The Morgan fingerprint density at radius 1 is 1.12 bits per heavy atom. The molecule has 1 N–H and O–H groups in total. The van der Waals surface area contributed by atoms with E-state index in [0.29, 0.717) is 10.8 Å². The molecular formula is C12H20N2O2. The Kier molecular flexibility index (Phi) is 5.29. The quantitative estimate of drug-likeness (QED) is 0.549. The Bertz CT molecular complexity index is 293. The molecule has 0 radical (unpaired) electrons. The minimum absolute atomic E-state index is 0.191. The second-order valence-electron chi connectivity index (χ2n) is 5.89. The van der Waals surface area contributed by atoms with Gasteiger partial charge in [-0.05, 0) is 30.1 Å². The Balaban J connectivity index is 0.000000673. The van der Waals surface area contributed by atoms with E-state index >= 15 is 0 Å². The smallest absolute Gasteiger partial charge is 0.222 e. The zero-order valence-electron chi connectivity index (χ0n) is 10.5. The molecular weight excluding hydrogens is 204 g/mol. The molecule has 16 heavy (non-hydrogen) atoms. The van der Waals surface area contributed by atoms with Crippen molar-refractivity contribution in [3.63, 3.8) is 0 Å². The van der Waals surface area contributed by atoms with Gasteiger partial charge in [-0.3, -0.25) is 0 Å². The molecule has 0 saturated heterocycles. The van der Waals surface area contributed by atoms with E-state index in [1.807, 2.05) is 0 Å². The van der Waals surface area contributed by atoms with Crippen molar-refractivity contribution >= 4 is 12.2 Å². The van der Waals surface area contributed by atoms with Crippen LogP contribution >= 0.6 is 0 Å². The van der Waals surface area contributed by atoms with Crippen LogP contribution in [0.5, 0.6) is 0 Å². The van der Waals surface area contributed by atoms with Crippen LogP contribution in [0, 0.1) is 16.2 Å². The van der Waals surface area contributed by atoms with Gasteiger partial charge < -0.3 is 0 Å². The molecule has 4 heteroatoms. The van der Waals surface area contributed by atoms with Crippen LogP contribution in [0.25, 0.3) is 0 Å². The maximum Gasteiger partial charge on any atom is 0.235 e. The molecule has 0 aliphatic heterocycles. The maximum absolute atomic E-state index is 10.2. The van der Waals surface area contributed by atoms with Crippen LogP contribution in [0.1, 0.15) is 47.0 Å². The van der Waals surface area contributed by atoms with Crippen LogP contribution < -0.4 is 0 Å². The molecule has 0 atom stereocenters. The van der Waals surface area contributed by atoms with E-state index in [1.54, 1.807) is 6.08 Å². The molecule has 4 nitrogen and oxygen atoms in total. The summed E-state index contributed by atoms with van der Waals surface area (Å²) in [6.07, 6.45) is 5.69. The normalized spacial score (nSPS) is 22.0. The summed E-state index contributed by atoms with van der Waals surface area (Å²) < 4.78 is 0. The minimum atomic E-state index is 0.191. The van der Waals surface area contributed by atoms with Crippen molar-refractivity contribution in [1.82, 2.24) is 0 Å². The molecule has 0 heterocycles. The van der Waals surface area contributed by atoms with Gasteiger partial charge in [-0.25, -0.2) is 20.0 Å². The lowest BCUT2D eigenvalue weighted by Crippen LogP contribution is -2.35. The second kappa shape index (κ2) is 5.74. The number of hydrogen-bond donors (Lipinski definition) is 1. The molecule has 0 aromatic carbocycles. The average molecular weight is 224 g/mol. The summed E-state index contributed by atoms with van der Waals surface area (Å²) in [5, 5.41) is 5.40. The highest BCUT2D eigenvalue weighted by Crippen LogP contribution is 2.46. The van der Waals surface area contributed by atoms with E-state index in [1.165, 1.54) is 6.42 Å². The third-order valence-corrected chi connectivity index (χ3v) is 2.77. The summed E-state index contributed by atoms with van der Waals surface area (Å²) in [5.74, 6) is 0. The predicted molar refractivity (Wildman–Crippen MR) is 61.7 cm³/mol. The molecule has 0 spiro atoms. The topological polar surface area (TPSA) is 70.3 Å². The summed E-state index contributed by atoms with van der Waals surface area (Å²) >= 11 is 0. The fraction of sp³-hybridized carbons (Fsp3) is 0.833. The van der Waals surface area contributed by atoms with E-state index < -0.39 is 0 Å². The number of carbonyl (C=O) groups excluding carboxylic acids is 2. The first-order chi connectivity index (χ1) is 7.26. The number of aliphatic imine (C=N–C) groups is 1. The Morgan fingerprint density at radius 3 is 1.81 bits per heavy atom. The highest BCUT2D eigenvalue weighted by atomic mass is 16.1. The first-order valence-electron chi connectivity index (χ1n) is 5.37. The summed E-state index contributed by atoms with van der Waals surface area (Å²) in [7, 11) is 0. The zero-order valence-corrected chi connectivity index (χ0v) is 10.5. The van der Waals surface area contributed by atoms with Crippen LogP contribution in [0.3, 0.4) is 0 Å². The first kappa shape index (κ1) is 14.8. The highest BCUT2D eigenvalue weighted by molar-refractivity contribution is 5.33. The van der Waals surface area contributed by atoms with Crippen molar-refractivity contribution in [3.8, 4) is 0 Å². The zero-order chi connectivity index (χ0) is 12.8. The van der Waals surface area contributed by atoms with E-state index in [2.05, 4.69) is 32.7 Å². The van der Waals surface area contributed by atoms with Crippen molar-refractivity contribution in [2.45, 2.75) is 53.0 Å². The fourth-order valence-corrected chi connectivity index (χ4v) is 2.95. The number of hydrogen-bond acceptors (Lipinski definition) is 4. The SMILES string of the molecule is CC1(C)CC(N=C=O)CC(C)(C)C1.N=C=O. The molecule has 1 aliphatic rings. The summed E-state index contributed by atoms with van der Waals surface area (Å²) in [6, 6.07) is 0.191. The van der Waals surface area contributed by atoms with Crippen molar-refractivity contribution in [3.05, 3.63) is 0 Å². The van der Waals surface area contributed by atoms with Gasteiger partial charge in [0.05, 0.1) is 6.04 Å². The number of nitrogens with one attached hydrogen (secondary N) is 1. The van der Waals surface area contributed by atoms with Gasteiger partial charge >= 0.3 is 0 Å². The number of nitrogens with zero attached hydrogens (tertiary/aromatic N) is 1. The van der Waals surface area contributed by atoms with E-state index in [4.69, 9.17) is 10.2 Å². The second-order valence-corrected chi connectivity index (χ2v) is 5.89. The lowest BCUT2D eigenvalue weighted by molar-refractivity contribution is 0.0997. The molecule has 90 valence electrons.